The number of amides is 1. The smallest absolute Gasteiger partial charge is 0.414 e. The molecule has 0 spiro atoms. The third-order valence-corrected chi connectivity index (χ3v) is 6.60. The van der Waals surface area contributed by atoms with Crippen LogP contribution in [0, 0.1) is 24.4 Å². The van der Waals surface area contributed by atoms with Gasteiger partial charge < -0.3 is 9.64 Å². The molecule has 0 atom stereocenters. The second kappa shape index (κ2) is 8.71. The van der Waals surface area contributed by atoms with Gasteiger partial charge in [-0.2, -0.15) is 4.98 Å². The SMILES string of the molecule is Cc1c(F)cc(F)c2c1N(C(=O)OC(C)(C)C)CCN2c1c(F)c2cnc(S(C)(=O)=O)nc2n(C)c1=O. The third-order valence-electron chi connectivity index (χ3n) is 5.74. The molecule has 37 heavy (non-hydrogen) atoms. The first-order valence-electron chi connectivity index (χ1n) is 11.0. The van der Waals surface area contributed by atoms with E-state index in [-0.39, 0.29) is 41.1 Å². The zero-order chi connectivity index (χ0) is 27.6. The minimum Gasteiger partial charge on any atom is -0.443 e. The number of benzene rings is 1. The van der Waals surface area contributed by atoms with Crippen molar-refractivity contribution in [1.82, 2.24) is 14.5 Å². The van der Waals surface area contributed by atoms with Gasteiger partial charge in [-0.15, -0.1) is 0 Å². The van der Waals surface area contributed by atoms with Gasteiger partial charge in [-0.25, -0.2) is 31.4 Å². The van der Waals surface area contributed by atoms with E-state index >= 15 is 8.78 Å². The maximum Gasteiger partial charge on any atom is 0.414 e. The monoisotopic (exact) mass is 539 g/mol. The summed E-state index contributed by atoms with van der Waals surface area (Å²) in [5.74, 6) is -3.20. The molecule has 0 bridgehead atoms. The number of hydrogen-bond donors (Lipinski definition) is 0. The summed E-state index contributed by atoms with van der Waals surface area (Å²) in [6.07, 6.45) is 0.916. The van der Waals surface area contributed by atoms with Crippen LogP contribution in [0.5, 0.6) is 0 Å². The van der Waals surface area contributed by atoms with Gasteiger partial charge in [-0.1, -0.05) is 0 Å². The van der Waals surface area contributed by atoms with Crippen LogP contribution in [0.25, 0.3) is 11.0 Å². The Kier molecular flexibility index (Phi) is 6.21. The summed E-state index contributed by atoms with van der Waals surface area (Å²) in [4.78, 5) is 35.8. The van der Waals surface area contributed by atoms with Crippen molar-refractivity contribution in [1.29, 1.82) is 0 Å². The molecule has 0 N–H and O–H groups in total. The maximum atomic E-state index is 15.8. The molecule has 0 unspecified atom stereocenters. The van der Waals surface area contributed by atoms with Gasteiger partial charge in [-0.3, -0.25) is 14.3 Å². The minimum absolute atomic E-state index is 0.105. The Morgan fingerprint density at radius 1 is 1.08 bits per heavy atom. The summed E-state index contributed by atoms with van der Waals surface area (Å²) in [6.45, 7) is 5.79. The van der Waals surface area contributed by atoms with Gasteiger partial charge in [0.25, 0.3) is 5.56 Å². The molecule has 10 nitrogen and oxygen atoms in total. The van der Waals surface area contributed by atoms with Crippen molar-refractivity contribution >= 4 is 44.0 Å². The molecular weight excluding hydrogens is 515 g/mol. The van der Waals surface area contributed by atoms with Gasteiger partial charge in [-0.05, 0) is 27.7 Å². The maximum absolute atomic E-state index is 15.8. The zero-order valence-corrected chi connectivity index (χ0v) is 21.7. The van der Waals surface area contributed by atoms with Crippen molar-refractivity contribution in [2.45, 2.75) is 38.5 Å². The number of halogens is 3. The molecule has 198 valence electrons. The average molecular weight is 540 g/mol. The zero-order valence-electron chi connectivity index (χ0n) is 20.9. The van der Waals surface area contributed by atoms with Crippen LogP contribution in [0.1, 0.15) is 26.3 Å². The lowest BCUT2D eigenvalue weighted by atomic mass is 10.1. The molecule has 1 aliphatic rings. The molecule has 0 saturated heterocycles. The number of aryl methyl sites for hydroxylation is 1. The van der Waals surface area contributed by atoms with Gasteiger partial charge in [0.1, 0.15) is 28.4 Å². The van der Waals surface area contributed by atoms with Crippen molar-refractivity contribution in [2.24, 2.45) is 7.05 Å². The molecule has 0 radical (unpaired) electrons. The summed E-state index contributed by atoms with van der Waals surface area (Å²) in [6, 6.07) is 0.588. The number of fused-ring (bicyclic) bond motifs is 2. The van der Waals surface area contributed by atoms with Crippen LogP contribution in [-0.4, -0.2) is 54.0 Å². The molecule has 14 heteroatoms. The van der Waals surface area contributed by atoms with E-state index in [4.69, 9.17) is 4.74 Å². The van der Waals surface area contributed by atoms with Gasteiger partial charge in [0, 0.05) is 44.2 Å². The lowest BCUT2D eigenvalue weighted by Gasteiger charge is -2.39. The van der Waals surface area contributed by atoms with E-state index in [1.54, 1.807) is 20.8 Å². The van der Waals surface area contributed by atoms with Crippen molar-refractivity contribution in [3.8, 4) is 0 Å². The van der Waals surface area contributed by atoms with E-state index < -0.39 is 55.4 Å². The molecule has 0 saturated carbocycles. The Balaban J connectivity index is 1.98. The molecular formula is C23H24F3N5O5S. The Hall–Kier alpha value is -3.68. The third kappa shape index (κ3) is 4.49. The van der Waals surface area contributed by atoms with Gasteiger partial charge >= 0.3 is 6.09 Å². The Labute approximate surface area is 210 Å². The number of nitrogens with zero attached hydrogens (tertiary/aromatic N) is 5. The highest BCUT2D eigenvalue weighted by atomic mass is 32.2. The Morgan fingerprint density at radius 2 is 1.73 bits per heavy atom. The summed E-state index contributed by atoms with van der Waals surface area (Å²) >= 11 is 0. The number of ether oxygens (including phenoxy) is 1. The first kappa shape index (κ1) is 26.4. The number of anilines is 3. The van der Waals surface area contributed by atoms with E-state index in [1.165, 1.54) is 14.0 Å². The standard InChI is InChI=1S/C23H24F3N5O5S/c1-11-13(24)9-14(25)17-16(11)31(22(33)36-23(2,3)4)8-7-30(17)18-15(26)12-10-27-21(37(6,34)35)28-19(12)29(5)20(18)32/h9-10H,7-8H2,1-6H3. The van der Waals surface area contributed by atoms with E-state index in [1.807, 2.05) is 0 Å². The fourth-order valence-electron chi connectivity index (χ4n) is 4.08. The number of pyridine rings is 1. The summed E-state index contributed by atoms with van der Waals surface area (Å²) < 4.78 is 75.7. The number of sulfone groups is 1. The quantitative estimate of drug-likeness (QED) is 0.456. The first-order valence-corrected chi connectivity index (χ1v) is 12.9. The number of rotatable bonds is 2. The molecule has 1 aliphatic heterocycles. The molecule has 2 aromatic heterocycles. The van der Waals surface area contributed by atoms with Crippen LogP contribution in [-0.2, 0) is 21.6 Å². The van der Waals surface area contributed by atoms with Crippen molar-refractivity contribution in [2.75, 3.05) is 29.1 Å². The first-order chi connectivity index (χ1) is 17.0. The molecule has 0 aliphatic carbocycles. The van der Waals surface area contributed by atoms with E-state index in [0.717, 1.165) is 26.8 Å². The Morgan fingerprint density at radius 3 is 2.32 bits per heavy atom. The van der Waals surface area contributed by atoms with Gasteiger partial charge in [0.15, 0.2) is 11.6 Å². The molecule has 4 rings (SSSR count). The van der Waals surface area contributed by atoms with E-state index in [0.29, 0.717) is 6.07 Å². The highest BCUT2D eigenvalue weighted by Crippen LogP contribution is 2.43. The number of aromatic nitrogens is 3. The van der Waals surface area contributed by atoms with Gasteiger partial charge in [0.2, 0.25) is 15.0 Å². The lowest BCUT2D eigenvalue weighted by Crippen LogP contribution is -2.47. The van der Waals surface area contributed by atoms with Gasteiger partial charge in [0.05, 0.1) is 11.1 Å². The fraction of sp³-hybridized carbons (Fsp3) is 0.391. The van der Waals surface area contributed by atoms with E-state index in [2.05, 4.69) is 9.97 Å². The van der Waals surface area contributed by atoms with Crippen molar-refractivity contribution < 1.29 is 31.1 Å². The topological polar surface area (TPSA) is 115 Å². The second-order valence-corrected chi connectivity index (χ2v) is 11.5. The van der Waals surface area contributed by atoms with Crippen LogP contribution >= 0.6 is 0 Å². The van der Waals surface area contributed by atoms with Crippen LogP contribution < -0.4 is 15.4 Å². The lowest BCUT2D eigenvalue weighted by molar-refractivity contribution is 0.0580. The van der Waals surface area contributed by atoms with Crippen molar-refractivity contribution in [3.05, 3.63) is 45.6 Å². The molecule has 0 fully saturated rings. The summed E-state index contributed by atoms with van der Waals surface area (Å²) in [5.41, 5.74) is -3.44. The largest absolute Gasteiger partial charge is 0.443 e. The molecule has 1 aromatic carbocycles. The Bertz CT molecular complexity index is 1630. The normalized spacial score (nSPS) is 14.2. The van der Waals surface area contributed by atoms with Crippen LogP contribution in [0.4, 0.5) is 35.0 Å². The van der Waals surface area contributed by atoms with Crippen LogP contribution in [0.2, 0.25) is 0 Å². The number of carbonyl (C=O) groups is 1. The van der Waals surface area contributed by atoms with Crippen LogP contribution in [0.15, 0.2) is 22.2 Å². The molecule has 1 amide bonds. The fourth-order valence-corrected chi connectivity index (χ4v) is 4.58. The highest BCUT2D eigenvalue weighted by Gasteiger charge is 2.37. The summed E-state index contributed by atoms with van der Waals surface area (Å²) in [5, 5.41) is -0.893. The minimum atomic E-state index is -3.85. The molecule has 3 aromatic rings. The predicted molar refractivity (Wildman–Crippen MR) is 130 cm³/mol. The summed E-state index contributed by atoms with van der Waals surface area (Å²) in [7, 11) is -2.61. The molecule has 3 heterocycles. The van der Waals surface area contributed by atoms with E-state index in [9.17, 15) is 22.4 Å². The second-order valence-electron chi connectivity index (χ2n) is 9.63. The average Bonchev–Trinajstić information content (AvgIpc) is 2.78. The van der Waals surface area contributed by atoms with Crippen LogP contribution in [0.3, 0.4) is 0 Å². The number of carbonyl (C=O) groups excluding carboxylic acids is 1. The predicted octanol–water partition coefficient (Wildman–Crippen LogP) is 3.35. The highest BCUT2D eigenvalue weighted by molar-refractivity contribution is 7.90. The number of hydrogen-bond acceptors (Lipinski definition) is 8. The van der Waals surface area contributed by atoms with Crippen molar-refractivity contribution in [3.63, 3.8) is 0 Å².